The van der Waals surface area contributed by atoms with Gasteiger partial charge in [0.2, 0.25) is 0 Å². The first-order chi connectivity index (χ1) is 8.00. The maximum atomic E-state index is 12.4. The highest BCUT2D eigenvalue weighted by molar-refractivity contribution is 7.15. The van der Waals surface area contributed by atoms with Crippen molar-refractivity contribution in [3.8, 4) is 10.6 Å². The summed E-state index contributed by atoms with van der Waals surface area (Å²) in [6.07, 6.45) is -3.22. The average Bonchev–Trinajstić information content (AvgIpc) is 2.82. The smallest absolute Gasteiger partial charge is 0.443 e. The summed E-state index contributed by atoms with van der Waals surface area (Å²) in [7, 11) is 1.76. The number of alkyl halides is 3. The van der Waals surface area contributed by atoms with Crippen molar-refractivity contribution in [2.75, 3.05) is 7.05 Å². The molecule has 92 valence electrons. The van der Waals surface area contributed by atoms with Crippen LogP contribution in [0.3, 0.4) is 0 Å². The Morgan fingerprint density at radius 2 is 2.18 bits per heavy atom. The SMILES string of the molecule is CNCc1ccc(-c2cnc(C(F)(F)F)s2)o1. The van der Waals surface area contributed by atoms with Crippen molar-refractivity contribution in [3.63, 3.8) is 0 Å². The van der Waals surface area contributed by atoms with Crippen molar-refractivity contribution in [1.82, 2.24) is 10.3 Å². The van der Waals surface area contributed by atoms with Crippen LogP contribution in [-0.2, 0) is 12.7 Å². The predicted octanol–water partition coefficient (Wildman–Crippen LogP) is 3.14. The van der Waals surface area contributed by atoms with Gasteiger partial charge in [-0.3, -0.25) is 0 Å². The van der Waals surface area contributed by atoms with Crippen LogP contribution in [0.15, 0.2) is 22.7 Å². The zero-order valence-electron chi connectivity index (χ0n) is 8.84. The molecule has 0 fully saturated rings. The Morgan fingerprint density at radius 3 is 2.76 bits per heavy atom. The van der Waals surface area contributed by atoms with E-state index in [-0.39, 0.29) is 0 Å². The molecule has 0 saturated carbocycles. The Kier molecular flexibility index (Phi) is 3.21. The Hall–Kier alpha value is -1.34. The molecule has 2 rings (SSSR count). The van der Waals surface area contributed by atoms with Crippen molar-refractivity contribution < 1.29 is 17.6 Å². The quantitative estimate of drug-likeness (QED) is 0.923. The number of furan rings is 1. The van der Waals surface area contributed by atoms with Crippen LogP contribution in [0.2, 0.25) is 0 Å². The third-order valence-electron chi connectivity index (χ3n) is 2.00. The number of nitrogens with one attached hydrogen (secondary N) is 1. The fourth-order valence-corrected chi connectivity index (χ4v) is 2.04. The van der Waals surface area contributed by atoms with Crippen LogP contribution < -0.4 is 5.32 Å². The standard InChI is InChI=1S/C10H9F3N2OS/c1-14-4-6-2-3-7(16-6)8-5-15-9(17-8)10(11,12)13/h2-3,5,14H,4H2,1H3. The van der Waals surface area contributed by atoms with Gasteiger partial charge in [-0.15, -0.1) is 11.3 Å². The number of hydrogen-bond donors (Lipinski definition) is 1. The second-order valence-corrected chi connectivity index (χ2v) is 4.35. The molecule has 0 aromatic carbocycles. The van der Waals surface area contributed by atoms with Gasteiger partial charge >= 0.3 is 6.18 Å². The fourth-order valence-electron chi connectivity index (χ4n) is 1.30. The Morgan fingerprint density at radius 1 is 1.41 bits per heavy atom. The van der Waals surface area contributed by atoms with E-state index in [1.165, 1.54) is 6.20 Å². The van der Waals surface area contributed by atoms with Crippen molar-refractivity contribution in [2.45, 2.75) is 12.7 Å². The van der Waals surface area contributed by atoms with Gasteiger partial charge in [0.15, 0.2) is 5.01 Å². The molecule has 2 aromatic rings. The molecule has 0 unspecified atom stereocenters. The molecule has 0 aliphatic carbocycles. The molecule has 0 amide bonds. The van der Waals surface area contributed by atoms with Gasteiger partial charge < -0.3 is 9.73 Å². The molecule has 2 aromatic heterocycles. The van der Waals surface area contributed by atoms with E-state index in [1.807, 2.05) is 0 Å². The third-order valence-corrected chi connectivity index (χ3v) is 3.06. The van der Waals surface area contributed by atoms with Crippen LogP contribution in [0, 0.1) is 0 Å². The van der Waals surface area contributed by atoms with E-state index in [2.05, 4.69) is 10.3 Å². The number of thiazole rings is 1. The van der Waals surface area contributed by atoms with Gasteiger partial charge in [0.1, 0.15) is 11.5 Å². The first-order valence-electron chi connectivity index (χ1n) is 4.77. The van der Waals surface area contributed by atoms with E-state index in [9.17, 15) is 13.2 Å². The van der Waals surface area contributed by atoms with Crippen molar-refractivity contribution >= 4 is 11.3 Å². The minimum atomic E-state index is -4.40. The highest BCUT2D eigenvalue weighted by atomic mass is 32.1. The molecule has 0 saturated heterocycles. The molecule has 0 bridgehead atoms. The van der Waals surface area contributed by atoms with Crippen LogP contribution in [0.5, 0.6) is 0 Å². The summed E-state index contributed by atoms with van der Waals surface area (Å²) in [4.78, 5) is 3.71. The Labute approximate surface area is 99.3 Å². The largest absolute Gasteiger partial charge is 0.459 e. The summed E-state index contributed by atoms with van der Waals surface area (Å²) in [5.74, 6) is 1.08. The molecule has 3 nitrogen and oxygen atoms in total. The zero-order chi connectivity index (χ0) is 12.5. The second kappa shape index (κ2) is 4.50. The molecule has 17 heavy (non-hydrogen) atoms. The molecular weight excluding hydrogens is 253 g/mol. The van der Waals surface area contributed by atoms with Gasteiger partial charge in [0.25, 0.3) is 0 Å². The van der Waals surface area contributed by atoms with E-state index in [4.69, 9.17) is 4.42 Å². The number of hydrogen-bond acceptors (Lipinski definition) is 4. The van der Waals surface area contributed by atoms with Crippen LogP contribution in [0.25, 0.3) is 10.6 Å². The summed E-state index contributed by atoms with van der Waals surface area (Å²) in [6.45, 7) is 0.533. The van der Waals surface area contributed by atoms with Gasteiger partial charge in [0.05, 0.1) is 11.4 Å². The second-order valence-electron chi connectivity index (χ2n) is 3.32. The van der Waals surface area contributed by atoms with E-state index >= 15 is 0 Å². The summed E-state index contributed by atoms with van der Waals surface area (Å²) in [6, 6.07) is 3.36. The van der Waals surface area contributed by atoms with Gasteiger partial charge in [-0.25, -0.2) is 4.98 Å². The number of nitrogens with zero attached hydrogens (tertiary/aromatic N) is 1. The van der Waals surface area contributed by atoms with Gasteiger partial charge in [0, 0.05) is 6.20 Å². The Balaban J connectivity index is 2.24. The van der Waals surface area contributed by atoms with E-state index < -0.39 is 11.2 Å². The van der Waals surface area contributed by atoms with E-state index in [0.29, 0.717) is 34.3 Å². The summed E-state index contributed by atoms with van der Waals surface area (Å²) in [5.41, 5.74) is 0. The van der Waals surface area contributed by atoms with E-state index in [0.717, 1.165) is 0 Å². The lowest BCUT2D eigenvalue weighted by molar-refractivity contribution is -0.137. The number of halogens is 3. The highest BCUT2D eigenvalue weighted by Gasteiger charge is 2.34. The molecule has 0 aliphatic heterocycles. The lowest BCUT2D eigenvalue weighted by atomic mass is 10.4. The molecular formula is C10H9F3N2OS. The van der Waals surface area contributed by atoms with Crippen LogP contribution in [0.4, 0.5) is 13.2 Å². The molecule has 7 heteroatoms. The third kappa shape index (κ3) is 2.67. The van der Waals surface area contributed by atoms with Crippen molar-refractivity contribution in [3.05, 3.63) is 29.1 Å². The fraction of sp³-hybridized carbons (Fsp3) is 0.300. The molecule has 0 aliphatic rings. The molecule has 0 spiro atoms. The Bertz CT molecular complexity index is 504. The monoisotopic (exact) mass is 262 g/mol. The van der Waals surface area contributed by atoms with Gasteiger partial charge in [-0.05, 0) is 19.2 Å². The summed E-state index contributed by atoms with van der Waals surface area (Å²) < 4.78 is 42.4. The maximum absolute atomic E-state index is 12.4. The van der Waals surface area contributed by atoms with E-state index in [1.54, 1.807) is 19.2 Å². The van der Waals surface area contributed by atoms with Gasteiger partial charge in [-0.1, -0.05) is 0 Å². The first-order valence-corrected chi connectivity index (χ1v) is 5.59. The lowest BCUT2D eigenvalue weighted by Gasteiger charge is -1.98. The minimum absolute atomic E-state index is 0.375. The minimum Gasteiger partial charge on any atom is -0.459 e. The topological polar surface area (TPSA) is 38.1 Å². The highest BCUT2D eigenvalue weighted by Crippen LogP contribution is 2.36. The zero-order valence-corrected chi connectivity index (χ0v) is 9.65. The number of aromatic nitrogens is 1. The summed E-state index contributed by atoms with van der Waals surface area (Å²) in [5, 5.41) is 2.03. The molecule has 2 heterocycles. The predicted molar refractivity (Wildman–Crippen MR) is 57.6 cm³/mol. The molecule has 0 radical (unpaired) electrons. The average molecular weight is 262 g/mol. The first kappa shape index (κ1) is 12.1. The van der Waals surface area contributed by atoms with Crippen LogP contribution in [-0.4, -0.2) is 12.0 Å². The van der Waals surface area contributed by atoms with Crippen LogP contribution in [0.1, 0.15) is 10.8 Å². The number of rotatable bonds is 3. The lowest BCUT2D eigenvalue weighted by Crippen LogP contribution is -2.03. The van der Waals surface area contributed by atoms with Crippen molar-refractivity contribution in [2.24, 2.45) is 0 Å². The summed E-state index contributed by atoms with van der Waals surface area (Å²) >= 11 is 0.574. The maximum Gasteiger partial charge on any atom is 0.443 e. The molecule has 0 atom stereocenters. The van der Waals surface area contributed by atoms with Crippen LogP contribution >= 0.6 is 11.3 Å². The normalized spacial score (nSPS) is 12.0. The molecule has 1 N–H and O–H groups in total. The van der Waals surface area contributed by atoms with Crippen molar-refractivity contribution in [1.29, 1.82) is 0 Å². The van der Waals surface area contributed by atoms with Gasteiger partial charge in [-0.2, -0.15) is 13.2 Å².